The topological polar surface area (TPSA) is 108 Å². The number of carbonyl (C=O) groups is 2. The first-order chi connectivity index (χ1) is 15.2. The molecule has 8 heteroatoms. The molecule has 1 aliphatic rings. The van der Waals surface area contributed by atoms with Gasteiger partial charge in [-0.15, -0.1) is 0 Å². The number of amides is 2. The average Bonchev–Trinajstić information content (AvgIpc) is 3.09. The summed E-state index contributed by atoms with van der Waals surface area (Å²) in [4.78, 5) is 28.7. The third-order valence-electron chi connectivity index (χ3n) is 5.54. The maximum absolute atomic E-state index is 12.5. The Hall–Kier alpha value is -2.81. The van der Waals surface area contributed by atoms with Crippen LogP contribution >= 0.6 is 0 Å². The van der Waals surface area contributed by atoms with Gasteiger partial charge in [-0.2, -0.15) is 0 Å². The van der Waals surface area contributed by atoms with Crippen LogP contribution in [0.25, 0.3) is 21.9 Å². The largest absolute Gasteiger partial charge is 0.379 e. The van der Waals surface area contributed by atoms with Crippen LogP contribution in [0, 0.1) is 0 Å². The lowest BCUT2D eigenvalue weighted by molar-refractivity contribution is -0.135. The van der Waals surface area contributed by atoms with Crippen molar-refractivity contribution in [1.82, 2.24) is 14.9 Å². The third-order valence-corrected chi connectivity index (χ3v) is 5.54. The van der Waals surface area contributed by atoms with Gasteiger partial charge in [0.05, 0.1) is 25.3 Å². The van der Waals surface area contributed by atoms with Crippen LogP contribution < -0.4 is 11.1 Å². The first-order valence-electron chi connectivity index (χ1n) is 10.8. The van der Waals surface area contributed by atoms with E-state index in [2.05, 4.69) is 28.5 Å². The molecule has 1 aromatic carbocycles. The Kier molecular flexibility index (Phi) is 6.91. The molecule has 2 amide bonds. The number of piperidine rings is 1. The average molecular weight is 425 g/mol. The number of nitrogens with one attached hydrogen (secondary N) is 1. The number of ether oxygens (including phenoxy) is 2. The molecular formula is C23H28N4O4. The molecule has 8 nitrogen and oxygen atoms in total. The second kappa shape index (κ2) is 10.00. The zero-order chi connectivity index (χ0) is 21.6. The fourth-order valence-corrected chi connectivity index (χ4v) is 4.11. The highest BCUT2D eigenvalue weighted by Crippen LogP contribution is 2.34. The molecule has 0 saturated carbocycles. The zero-order valence-electron chi connectivity index (χ0n) is 17.5. The van der Waals surface area contributed by atoms with E-state index >= 15 is 0 Å². The molecule has 1 fully saturated rings. The summed E-state index contributed by atoms with van der Waals surface area (Å²) in [5.41, 5.74) is 8.32. The highest BCUT2D eigenvalue weighted by Gasteiger charge is 2.30. The number of carbonyl (C=O) groups excluding carboxylic acids is 2. The molecule has 0 spiro atoms. The van der Waals surface area contributed by atoms with Gasteiger partial charge in [-0.1, -0.05) is 6.07 Å². The first kappa shape index (κ1) is 21.4. The maximum atomic E-state index is 12.5. The van der Waals surface area contributed by atoms with Crippen molar-refractivity contribution in [3.63, 3.8) is 0 Å². The Bertz CT molecular complexity index is 1080. The summed E-state index contributed by atoms with van der Waals surface area (Å²) in [7, 11) is 0. The van der Waals surface area contributed by atoms with Crippen LogP contribution in [0.4, 0.5) is 0 Å². The van der Waals surface area contributed by atoms with Crippen molar-refractivity contribution in [2.75, 3.05) is 33.0 Å². The van der Waals surface area contributed by atoms with Crippen molar-refractivity contribution in [3.8, 4) is 0 Å². The predicted octanol–water partition coefficient (Wildman–Crippen LogP) is 2.09. The molecule has 3 heterocycles. The Morgan fingerprint density at radius 2 is 1.94 bits per heavy atom. The number of hydrogen-bond acceptors (Lipinski definition) is 6. The van der Waals surface area contributed by atoms with E-state index in [-0.39, 0.29) is 11.8 Å². The fraction of sp³-hybridized carbons (Fsp3) is 0.435. The summed E-state index contributed by atoms with van der Waals surface area (Å²) >= 11 is 0. The van der Waals surface area contributed by atoms with Crippen molar-refractivity contribution < 1.29 is 19.1 Å². The zero-order valence-corrected chi connectivity index (χ0v) is 17.5. The maximum Gasteiger partial charge on any atom is 0.249 e. The standard InChI is InChI=1S/C23H28N4O4/c24-9-12-31-14-13-30-11-2-3-16-5-6-19-18(15-16)17-4-1-10-25-22(17)27(19)20-7-8-21(28)26-23(20)29/h1,4-6,10,15,20H,2-3,7-9,11-14,24H2,(H,26,28,29). The van der Waals surface area contributed by atoms with Crippen molar-refractivity contribution in [2.45, 2.75) is 31.7 Å². The van der Waals surface area contributed by atoms with Crippen molar-refractivity contribution in [1.29, 1.82) is 0 Å². The van der Waals surface area contributed by atoms with E-state index in [1.807, 2.05) is 16.7 Å². The number of nitrogens with two attached hydrogens (primary N) is 1. The van der Waals surface area contributed by atoms with Crippen LogP contribution in [-0.2, 0) is 25.5 Å². The number of fused-ring (bicyclic) bond motifs is 3. The molecule has 2 aromatic heterocycles. The Labute approximate surface area is 180 Å². The fourth-order valence-electron chi connectivity index (χ4n) is 4.11. The SMILES string of the molecule is NCCOCCOCCCc1ccc2c(c1)c1cccnc1n2C1CCC(=O)NC1=O. The van der Waals surface area contributed by atoms with Crippen LogP contribution in [0.5, 0.6) is 0 Å². The van der Waals surface area contributed by atoms with Gasteiger partial charge in [-0.3, -0.25) is 14.9 Å². The van der Waals surface area contributed by atoms with E-state index in [4.69, 9.17) is 15.2 Å². The normalized spacial score (nSPS) is 16.9. The lowest BCUT2D eigenvalue weighted by Gasteiger charge is -2.23. The number of aryl methyl sites for hydroxylation is 1. The highest BCUT2D eigenvalue weighted by atomic mass is 16.5. The molecule has 1 unspecified atom stereocenters. The molecule has 1 aliphatic heterocycles. The molecule has 4 rings (SSSR count). The van der Waals surface area contributed by atoms with Crippen molar-refractivity contribution in [2.24, 2.45) is 5.73 Å². The monoisotopic (exact) mass is 424 g/mol. The Balaban J connectivity index is 1.50. The molecule has 3 N–H and O–H groups in total. The van der Waals surface area contributed by atoms with Gasteiger partial charge >= 0.3 is 0 Å². The van der Waals surface area contributed by atoms with Gasteiger partial charge < -0.3 is 19.8 Å². The number of imide groups is 1. The summed E-state index contributed by atoms with van der Waals surface area (Å²) < 4.78 is 12.9. The smallest absolute Gasteiger partial charge is 0.249 e. The lowest BCUT2D eigenvalue weighted by atomic mass is 10.0. The van der Waals surface area contributed by atoms with Crippen LogP contribution in [0.3, 0.4) is 0 Å². The first-order valence-corrected chi connectivity index (χ1v) is 10.8. The molecule has 31 heavy (non-hydrogen) atoms. The number of rotatable bonds is 10. The third kappa shape index (κ3) is 4.76. The van der Waals surface area contributed by atoms with Gasteiger partial charge in [-0.05, 0) is 49.1 Å². The highest BCUT2D eigenvalue weighted by molar-refractivity contribution is 6.09. The molecule has 0 radical (unpaired) electrons. The second-order valence-corrected chi connectivity index (χ2v) is 7.68. The second-order valence-electron chi connectivity index (χ2n) is 7.68. The molecule has 1 atom stereocenters. The predicted molar refractivity (Wildman–Crippen MR) is 118 cm³/mol. The van der Waals surface area contributed by atoms with Crippen LogP contribution in [-0.4, -0.2) is 54.3 Å². The van der Waals surface area contributed by atoms with Gasteiger partial charge in [0, 0.05) is 36.5 Å². The number of aromatic nitrogens is 2. The Morgan fingerprint density at radius 3 is 2.74 bits per heavy atom. The molecule has 0 aliphatic carbocycles. The molecular weight excluding hydrogens is 396 g/mol. The molecule has 164 valence electrons. The van der Waals surface area contributed by atoms with Crippen LogP contribution in [0.2, 0.25) is 0 Å². The van der Waals surface area contributed by atoms with E-state index in [1.165, 1.54) is 5.56 Å². The molecule has 3 aromatic rings. The van der Waals surface area contributed by atoms with Gasteiger partial charge in [-0.25, -0.2) is 4.98 Å². The van der Waals surface area contributed by atoms with Crippen molar-refractivity contribution in [3.05, 3.63) is 42.1 Å². The number of hydrogen-bond donors (Lipinski definition) is 2. The van der Waals surface area contributed by atoms with Crippen LogP contribution in [0.1, 0.15) is 30.9 Å². The minimum atomic E-state index is -0.437. The number of benzene rings is 1. The minimum absolute atomic E-state index is 0.217. The number of pyridine rings is 1. The quantitative estimate of drug-likeness (QED) is 0.381. The van der Waals surface area contributed by atoms with Gasteiger partial charge in [0.1, 0.15) is 11.7 Å². The van der Waals surface area contributed by atoms with E-state index in [9.17, 15) is 9.59 Å². The van der Waals surface area contributed by atoms with Crippen molar-refractivity contribution >= 4 is 33.8 Å². The van der Waals surface area contributed by atoms with Gasteiger partial charge in [0.15, 0.2) is 0 Å². The van der Waals surface area contributed by atoms with E-state index in [0.717, 1.165) is 34.8 Å². The van der Waals surface area contributed by atoms with Crippen LogP contribution in [0.15, 0.2) is 36.5 Å². The Morgan fingerprint density at radius 1 is 1.10 bits per heavy atom. The number of nitrogens with zero attached hydrogens (tertiary/aromatic N) is 2. The summed E-state index contributed by atoms with van der Waals surface area (Å²) in [6.07, 6.45) is 4.35. The summed E-state index contributed by atoms with van der Waals surface area (Å²) in [6.45, 7) is 2.90. The van der Waals surface area contributed by atoms with Gasteiger partial charge in [0.25, 0.3) is 0 Å². The summed E-state index contributed by atoms with van der Waals surface area (Å²) in [5, 5.41) is 4.54. The van der Waals surface area contributed by atoms with E-state index < -0.39 is 6.04 Å². The van der Waals surface area contributed by atoms with E-state index in [0.29, 0.717) is 45.8 Å². The lowest BCUT2D eigenvalue weighted by Crippen LogP contribution is -2.41. The van der Waals surface area contributed by atoms with Gasteiger partial charge in [0.2, 0.25) is 11.8 Å². The van der Waals surface area contributed by atoms with E-state index in [1.54, 1.807) is 6.20 Å². The summed E-state index contributed by atoms with van der Waals surface area (Å²) in [6, 6.07) is 9.82. The molecule has 0 bridgehead atoms. The minimum Gasteiger partial charge on any atom is -0.379 e. The molecule has 1 saturated heterocycles. The summed E-state index contributed by atoms with van der Waals surface area (Å²) in [5.74, 6) is -0.484.